The molecule has 0 aliphatic carbocycles. The Morgan fingerprint density at radius 3 is 2.04 bits per heavy atom. The Labute approximate surface area is 145 Å². The van der Waals surface area contributed by atoms with Crippen molar-refractivity contribution in [3.63, 3.8) is 0 Å². The summed E-state index contributed by atoms with van der Waals surface area (Å²) in [5, 5.41) is 0. The smallest absolute Gasteiger partial charge is 0.246 e. The van der Waals surface area contributed by atoms with E-state index in [9.17, 15) is 13.2 Å². The van der Waals surface area contributed by atoms with Crippen molar-refractivity contribution in [2.45, 2.75) is 26.8 Å². The second-order valence-electron chi connectivity index (χ2n) is 6.71. The molecule has 0 unspecified atom stereocenters. The molecule has 1 heterocycles. The monoisotopic (exact) mass is 353 g/mol. The Hall–Kier alpha value is -1.60. The average Bonchev–Trinajstić information content (AvgIpc) is 2.44. The first-order valence-corrected chi connectivity index (χ1v) is 9.99. The molecule has 0 bridgehead atoms. The summed E-state index contributed by atoms with van der Waals surface area (Å²) in [7, 11) is -1.55. The minimum atomic E-state index is -3.57. The summed E-state index contributed by atoms with van der Waals surface area (Å²) >= 11 is 0. The fraction of sp³-hybridized carbons (Fsp3) is 0.588. The van der Waals surface area contributed by atoms with Gasteiger partial charge in [-0.1, -0.05) is 6.07 Å². The lowest BCUT2D eigenvalue weighted by molar-refractivity contribution is -0.133. The number of amides is 1. The Morgan fingerprint density at radius 1 is 1.08 bits per heavy atom. The summed E-state index contributed by atoms with van der Waals surface area (Å²) in [6, 6.07) is 4.84. The van der Waals surface area contributed by atoms with Gasteiger partial charge in [0.15, 0.2) is 0 Å². The highest BCUT2D eigenvalue weighted by Gasteiger charge is 2.33. The van der Waals surface area contributed by atoms with Crippen molar-refractivity contribution < 1.29 is 13.2 Å². The number of anilines is 1. The molecule has 1 fully saturated rings. The molecule has 1 aliphatic heterocycles. The first-order valence-electron chi connectivity index (χ1n) is 8.14. The van der Waals surface area contributed by atoms with E-state index >= 15 is 0 Å². The molecule has 134 valence electrons. The normalized spacial score (nSPS) is 17.6. The molecule has 0 saturated carbocycles. The number of likely N-dealkylation sites (N-methyl/N-ethyl adjacent to an activating group) is 1. The second kappa shape index (κ2) is 7.11. The summed E-state index contributed by atoms with van der Waals surface area (Å²) in [5.41, 5.74) is 2.49. The lowest BCUT2D eigenvalue weighted by Gasteiger charge is -2.37. The molecule has 24 heavy (non-hydrogen) atoms. The maximum Gasteiger partial charge on any atom is 0.246 e. The maximum atomic E-state index is 12.8. The number of hydrogen-bond donors (Lipinski definition) is 0. The van der Waals surface area contributed by atoms with Gasteiger partial charge in [-0.2, -0.15) is 0 Å². The Balaban J connectivity index is 2.32. The maximum absolute atomic E-state index is 12.8. The van der Waals surface area contributed by atoms with Crippen LogP contribution in [0.15, 0.2) is 18.2 Å². The van der Waals surface area contributed by atoms with Gasteiger partial charge in [0, 0.05) is 26.2 Å². The van der Waals surface area contributed by atoms with E-state index in [-0.39, 0.29) is 5.91 Å². The minimum Gasteiger partial charge on any atom is -0.338 e. The topological polar surface area (TPSA) is 60.9 Å². The van der Waals surface area contributed by atoms with E-state index in [4.69, 9.17) is 0 Å². The van der Waals surface area contributed by atoms with Crippen LogP contribution in [0.5, 0.6) is 0 Å². The number of carbonyl (C=O) groups excluding carboxylic acids is 1. The van der Waals surface area contributed by atoms with Crippen molar-refractivity contribution in [3.05, 3.63) is 29.3 Å². The van der Waals surface area contributed by atoms with Crippen molar-refractivity contribution >= 4 is 21.6 Å². The van der Waals surface area contributed by atoms with Gasteiger partial charge >= 0.3 is 0 Å². The van der Waals surface area contributed by atoms with Gasteiger partial charge < -0.3 is 9.80 Å². The summed E-state index contributed by atoms with van der Waals surface area (Å²) in [6.45, 7) is 8.38. The van der Waals surface area contributed by atoms with Gasteiger partial charge in [-0.15, -0.1) is 0 Å². The quantitative estimate of drug-likeness (QED) is 0.817. The van der Waals surface area contributed by atoms with Gasteiger partial charge in [-0.05, 0) is 51.1 Å². The highest BCUT2D eigenvalue weighted by atomic mass is 32.2. The highest BCUT2D eigenvalue weighted by Crippen LogP contribution is 2.24. The summed E-state index contributed by atoms with van der Waals surface area (Å²) in [6.07, 6.45) is 1.15. The third-order valence-corrected chi connectivity index (χ3v) is 5.58. The summed E-state index contributed by atoms with van der Waals surface area (Å²) in [4.78, 5) is 16.8. The van der Waals surface area contributed by atoms with Crippen molar-refractivity contribution in [1.82, 2.24) is 9.80 Å². The second-order valence-corrected chi connectivity index (χ2v) is 8.57. The molecule has 6 nitrogen and oxygen atoms in total. The Bertz CT molecular complexity index is 690. The molecular weight excluding hydrogens is 326 g/mol. The van der Waals surface area contributed by atoms with Crippen LogP contribution >= 0.6 is 0 Å². The SMILES string of the molecule is Cc1cc(C)cc(N([C@@H](C)C(=O)N2CCN(C)CC2)S(C)(=O)=O)c1. The lowest BCUT2D eigenvalue weighted by atomic mass is 10.1. The van der Waals surface area contributed by atoms with Crippen LogP contribution in [-0.2, 0) is 14.8 Å². The zero-order chi connectivity index (χ0) is 18.1. The number of sulfonamides is 1. The Kier molecular flexibility index (Phi) is 5.55. The van der Waals surface area contributed by atoms with Crippen molar-refractivity contribution in [2.24, 2.45) is 0 Å². The van der Waals surface area contributed by atoms with Crippen molar-refractivity contribution in [2.75, 3.05) is 43.8 Å². The lowest BCUT2D eigenvalue weighted by Crippen LogP contribution is -2.54. The van der Waals surface area contributed by atoms with Crippen LogP contribution in [0.4, 0.5) is 5.69 Å². The van der Waals surface area contributed by atoms with Crippen LogP contribution < -0.4 is 4.31 Å². The molecule has 0 aromatic heterocycles. The van der Waals surface area contributed by atoms with Gasteiger partial charge in [0.05, 0.1) is 11.9 Å². The van der Waals surface area contributed by atoms with Gasteiger partial charge in [0.2, 0.25) is 15.9 Å². The molecular formula is C17H27N3O3S. The number of nitrogens with zero attached hydrogens (tertiary/aromatic N) is 3. The molecule has 0 spiro atoms. The third-order valence-electron chi connectivity index (χ3n) is 4.34. The molecule has 1 aromatic carbocycles. The van der Waals surface area contributed by atoms with E-state index < -0.39 is 16.1 Å². The predicted octanol–water partition coefficient (Wildman–Crippen LogP) is 1.23. The van der Waals surface area contributed by atoms with Crippen molar-refractivity contribution in [3.8, 4) is 0 Å². The standard InChI is InChI=1S/C17H27N3O3S/c1-13-10-14(2)12-16(11-13)20(24(5,22)23)15(3)17(21)19-8-6-18(4)7-9-19/h10-12,15H,6-9H2,1-5H3/t15-/m0/s1. The number of benzene rings is 1. The number of hydrogen-bond acceptors (Lipinski definition) is 4. The molecule has 0 radical (unpaired) electrons. The van der Waals surface area contributed by atoms with E-state index in [2.05, 4.69) is 4.90 Å². The fourth-order valence-electron chi connectivity index (χ4n) is 3.17. The Morgan fingerprint density at radius 2 is 1.58 bits per heavy atom. The zero-order valence-corrected chi connectivity index (χ0v) is 15.9. The fourth-order valence-corrected chi connectivity index (χ4v) is 4.32. The molecule has 1 aliphatic rings. The van der Waals surface area contributed by atoms with Crippen LogP contribution in [0.25, 0.3) is 0 Å². The minimum absolute atomic E-state index is 0.146. The van der Waals surface area contributed by atoms with E-state index in [0.717, 1.165) is 30.5 Å². The summed E-state index contributed by atoms with van der Waals surface area (Å²) in [5.74, 6) is -0.146. The highest BCUT2D eigenvalue weighted by molar-refractivity contribution is 7.92. The van der Waals surface area contributed by atoms with Crippen molar-refractivity contribution in [1.29, 1.82) is 0 Å². The molecule has 1 amide bonds. The van der Waals surface area contributed by atoms with E-state index in [0.29, 0.717) is 18.8 Å². The van der Waals surface area contributed by atoms with E-state index in [1.165, 1.54) is 4.31 Å². The van der Waals surface area contributed by atoms with Gasteiger partial charge in [0.25, 0.3) is 0 Å². The van der Waals surface area contributed by atoms with Crippen LogP contribution in [0.3, 0.4) is 0 Å². The van der Waals surface area contributed by atoms with E-state index in [1.54, 1.807) is 11.8 Å². The first-order chi connectivity index (χ1) is 11.1. The van der Waals surface area contributed by atoms with Gasteiger partial charge in [-0.25, -0.2) is 8.42 Å². The van der Waals surface area contributed by atoms with Crippen LogP contribution in [0, 0.1) is 13.8 Å². The van der Waals surface area contributed by atoms with Crippen LogP contribution in [-0.4, -0.2) is 69.6 Å². The number of piperazine rings is 1. The molecule has 7 heteroatoms. The largest absolute Gasteiger partial charge is 0.338 e. The van der Waals surface area contributed by atoms with Crippen LogP contribution in [0.2, 0.25) is 0 Å². The number of aryl methyl sites for hydroxylation is 2. The molecule has 1 atom stereocenters. The predicted molar refractivity (Wildman–Crippen MR) is 96.8 cm³/mol. The third kappa shape index (κ3) is 4.27. The zero-order valence-electron chi connectivity index (χ0n) is 15.1. The van der Waals surface area contributed by atoms with Crippen LogP contribution in [0.1, 0.15) is 18.1 Å². The molecule has 0 N–H and O–H groups in total. The van der Waals surface area contributed by atoms with E-state index in [1.807, 2.05) is 39.1 Å². The van der Waals surface area contributed by atoms with Gasteiger partial charge in [0.1, 0.15) is 6.04 Å². The molecule has 2 rings (SSSR count). The number of carbonyl (C=O) groups is 1. The average molecular weight is 353 g/mol. The molecule has 1 saturated heterocycles. The molecule has 1 aromatic rings. The first kappa shape index (κ1) is 18.7. The summed E-state index contributed by atoms with van der Waals surface area (Å²) < 4.78 is 26.0. The number of rotatable bonds is 4. The van der Waals surface area contributed by atoms with Gasteiger partial charge in [-0.3, -0.25) is 9.10 Å².